The maximum atomic E-state index is 12.9. The highest BCUT2D eigenvalue weighted by molar-refractivity contribution is 5.99. The van der Waals surface area contributed by atoms with Gasteiger partial charge in [0, 0.05) is 44.0 Å². The highest BCUT2D eigenvalue weighted by Gasteiger charge is 2.32. The third-order valence-corrected chi connectivity index (χ3v) is 6.14. The van der Waals surface area contributed by atoms with Crippen molar-refractivity contribution in [2.24, 2.45) is 0 Å². The van der Waals surface area contributed by atoms with Crippen LogP contribution in [0, 0.1) is 0 Å². The van der Waals surface area contributed by atoms with Gasteiger partial charge in [-0.25, -0.2) is 4.98 Å². The number of nitrogens with two attached hydrogens (primary N) is 2. The van der Waals surface area contributed by atoms with Gasteiger partial charge in [-0.1, -0.05) is 0 Å². The molecule has 1 aromatic carbocycles. The predicted molar refractivity (Wildman–Crippen MR) is 126 cm³/mol. The van der Waals surface area contributed by atoms with Crippen LogP contribution in [0.15, 0.2) is 30.5 Å². The van der Waals surface area contributed by atoms with Gasteiger partial charge >= 0.3 is 6.36 Å². The van der Waals surface area contributed by atoms with E-state index in [1.165, 1.54) is 6.07 Å². The number of carbonyl (C=O) groups is 1. The van der Waals surface area contributed by atoms with Gasteiger partial charge in [0.2, 0.25) is 0 Å². The van der Waals surface area contributed by atoms with Crippen LogP contribution >= 0.6 is 0 Å². The fourth-order valence-corrected chi connectivity index (χ4v) is 4.36. The van der Waals surface area contributed by atoms with E-state index >= 15 is 0 Å². The molecule has 0 bridgehead atoms. The van der Waals surface area contributed by atoms with Crippen molar-refractivity contribution in [2.75, 3.05) is 54.5 Å². The number of alkyl halides is 3. The lowest BCUT2D eigenvalue weighted by molar-refractivity contribution is -0.274. The minimum absolute atomic E-state index is 0.0647. The average molecular weight is 495 g/mol. The molecule has 0 saturated carbocycles. The van der Waals surface area contributed by atoms with Crippen molar-refractivity contribution in [2.45, 2.75) is 38.3 Å². The summed E-state index contributed by atoms with van der Waals surface area (Å²) in [7, 11) is 0. The van der Waals surface area contributed by atoms with Crippen molar-refractivity contribution in [3.8, 4) is 5.75 Å². The average Bonchev–Trinajstić information content (AvgIpc) is 2.80. The van der Waals surface area contributed by atoms with Crippen LogP contribution in [0.25, 0.3) is 0 Å². The van der Waals surface area contributed by atoms with Crippen LogP contribution in [0.2, 0.25) is 0 Å². The Morgan fingerprint density at radius 3 is 2.60 bits per heavy atom. The Morgan fingerprint density at radius 2 is 1.94 bits per heavy atom. The van der Waals surface area contributed by atoms with Crippen molar-refractivity contribution in [3.63, 3.8) is 0 Å². The maximum Gasteiger partial charge on any atom is 0.573 e. The fourth-order valence-electron chi connectivity index (χ4n) is 4.36. The van der Waals surface area contributed by atoms with Crippen LogP contribution in [-0.4, -0.2) is 67.1 Å². The van der Waals surface area contributed by atoms with Crippen molar-refractivity contribution in [3.05, 3.63) is 36.0 Å². The Bertz CT molecular complexity index is 1060. The van der Waals surface area contributed by atoms with Crippen molar-refractivity contribution < 1.29 is 27.4 Å². The second-order valence-electron chi connectivity index (χ2n) is 8.76. The summed E-state index contributed by atoms with van der Waals surface area (Å²) in [6, 6.07) is 5.43. The van der Waals surface area contributed by atoms with E-state index in [-0.39, 0.29) is 29.3 Å². The van der Waals surface area contributed by atoms with Gasteiger partial charge in [0.25, 0.3) is 5.91 Å². The standard InChI is InChI=1S/C23H29F3N6O3/c1-14-13-32(8-9-34-14)16-10-20(21(28)29-12-16)30-15-4-6-31(7-5-15)22(33)18-3-2-17(11-19(18)27)35-23(24,25)26/h2-3,10-12,14-15,30H,4-9,13,27H2,1H3,(H2,28,29)/t14-/m0/s1. The lowest BCUT2D eigenvalue weighted by Gasteiger charge is -2.34. The van der Waals surface area contributed by atoms with Gasteiger partial charge in [-0.3, -0.25) is 4.79 Å². The molecule has 0 spiro atoms. The van der Waals surface area contributed by atoms with Crippen LogP contribution in [0.5, 0.6) is 5.75 Å². The summed E-state index contributed by atoms with van der Waals surface area (Å²) in [5.41, 5.74) is 13.7. The molecule has 35 heavy (non-hydrogen) atoms. The second kappa shape index (κ2) is 10.1. The Labute approximate surface area is 201 Å². The Kier molecular flexibility index (Phi) is 7.10. The number of anilines is 4. The third kappa shape index (κ3) is 6.18. The topological polar surface area (TPSA) is 119 Å². The Morgan fingerprint density at radius 1 is 1.20 bits per heavy atom. The largest absolute Gasteiger partial charge is 0.573 e. The van der Waals surface area contributed by atoms with Crippen molar-refractivity contribution >= 4 is 28.8 Å². The first-order valence-electron chi connectivity index (χ1n) is 11.4. The summed E-state index contributed by atoms with van der Waals surface area (Å²) in [6.45, 7) is 5.17. The van der Waals surface area contributed by atoms with E-state index in [1.54, 1.807) is 11.1 Å². The molecule has 0 unspecified atom stereocenters. The molecule has 190 valence electrons. The molecule has 0 radical (unpaired) electrons. The number of morpholine rings is 1. The molecule has 1 aromatic heterocycles. The lowest BCUT2D eigenvalue weighted by Crippen LogP contribution is -2.43. The Balaban J connectivity index is 1.35. The van der Waals surface area contributed by atoms with Gasteiger partial charge in [0.05, 0.1) is 35.8 Å². The zero-order valence-electron chi connectivity index (χ0n) is 19.3. The van der Waals surface area contributed by atoms with Crippen LogP contribution in [0.1, 0.15) is 30.1 Å². The van der Waals surface area contributed by atoms with Gasteiger partial charge in [0.1, 0.15) is 11.6 Å². The smallest absolute Gasteiger partial charge is 0.406 e. The molecule has 2 aliphatic rings. The number of pyridine rings is 1. The van der Waals surface area contributed by atoms with Gasteiger partial charge in [-0.05, 0) is 38.0 Å². The number of rotatable bonds is 5. The molecule has 5 N–H and O–H groups in total. The number of hydrogen-bond acceptors (Lipinski definition) is 8. The van der Waals surface area contributed by atoms with E-state index in [0.29, 0.717) is 38.4 Å². The van der Waals surface area contributed by atoms with E-state index in [9.17, 15) is 18.0 Å². The quantitative estimate of drug-likeness (QED) is 0.543. The number of likely N-dealkylation sites (tertiary alicyclic amines) is 1. The lowest BCUT2D eigenvalue weighted by atomic mass is 10.0. The molecule has 2 fully saturated rings. The Hall–Kier alpha value is -3.41. The maximum absolute atomic E-state index is 12.9. The van der Waals surface area contributed by atoms with E-state index < -0.39 is 12.1 Å². The molecule has 3 heterocycles. The molecule has 9 nitrogen and oxygen atoms in total. The number of amides is 1. The van der Waals surface area contributed by atoms with E-state index in [0.717, 1.165) is 36.6 Å². The molecular weight excluding hydrogens is 465 g/mol. The number of nitrogen functional groups attached to an aromatic ring is 2. The number of halogens is 3. The first-order valence-corrected chi connectivity index (χ1v) is 11.4. The molecule has 0 aliphatic carbocycles. The van der Waals surface area contributed by atoms with Crippen LogP contribution in [-0.2, 0) is 4.74 Å². The van der Waals surface area contributed by atoms with Crippen molar-refractivity contribution in [1.82, 2.24) is 9.88 Å². The SMILES string of the molecule is C[C@H]1CN(c2cnc(N)c(NC3CCN(C(=O)c4ccc(OC(F)(F)F)cc4N)CC3)c2)CCO1. The van der Waals surface area contributed by atoms with Crippen LogP contribution in [0.3, 0.4) is 0 Å². The molecule has 4 rings (SSSR count). The summed E-state index contributed by atoms with van der Waals surface area (Å²) >= 11 is 0. The molecule has 1 amide bonds. The number of hydrogen-bond donors (Lipinski definition) is 3. The van der Waals surface area contributed by atoms with Gasteiger partial charge in [-0.2, -0.15) is 0 Å². The molecule has 2 aliphatic heterocycles. The second-order valence-corrected chi connectivity index (χ2v) is 8.76. The first-order chi connectivity index (χ1) is 16.6. The molecule has 2 saturated heterocycles. The number of benzene rings is 1. The monoisotopic (exact) mass is 494 g/mol. The van der Waals surface area contributed by atoms with Crippen LogP contribution in [0.4, 0.5) is 36.1 Å². The van der Waals surface area contributed by atoms with Crippen molar-refractivity contribution in [1.29, 1.82) is 0 Å². The van der Waals surface area contributed by atoms with E-state index in [2.05, 4.69) is 19.9 Å². The molecule has 12 heteroatoms. The number of carbonyl (C=O) groups excluding carboxylic acids is 1. The molecule has 2 aromatic rings. The number of aromatic nitrogens is 1. The number of nitrogens with zero attached hydrogens (tertiary/aromatic N) is 3. The molecular formula is C23H29F3N6O3. The highest BCUT2D eigenvalue weighted by Crippen LogP contribution is 2.29. The van der Waals surface area contributed by atoms with E-state index in [4.69, 9.17) is 16.2 Å². The minimum Gasteiger partial charge on any atom is -0.406 e. The first kappa shape index (κ1) is 24.7. The van der Waals surface area contributed by atoms with Gasteiger partial charge in [-0.15, -0.1) is 13.2 Å². The summed E-state index contributed by atoms with van der Waals surface area (Å²) < 4.78 is 46.7. The minimum atomic E-state index is -4.83. The van der Waals surface area contributed by atoms with E-state index in [1.807, 2.05) is 13.0 Å². The number of ether oxygens (including phenoxy) is 2. The zero-order chi connectivity index (χ0) is 25.2. The van der Waals surface area contributed by atoms with Gasteiger partial charge in [0.15, 0.2) is 0 Å². The van der Waals surface area contributed by atoms with Gasteiger partial charge < -0.3 is 36.1 Å². The fraction of sp³-hybridized carbons (Fsp3) is 0.478. The summed E-state index contributed by atoms with van der Waals surface area (Å²) in [5.74, 6) is -0.388. The zero-order valence-corrected chi connectivity index (χ0v) is 19.3. The summed E-state index contributed by atoms with van der Waals surface area (Å²) in [4.78, 5) is 21.1. The summed E-state index contributed by atoms with van der Waals surface area (Å²) in [5, 5.41) is 3.45. The highest BCUT2D eigenvalue weighted by atomic mass is 19.4. The normalized spacial score (nSPS) is 19.5. The third-order valence-electron chi connectivity index (χ3n) is 6.14. The molecule has 1 atom stereocenters. The number of piperidine rings is 1. The van der Waals surface area contributed by atoms with Crippen LogP contribution < -0.4 is 26.4 Å². The number of nitrogens with one attached hydrogen (secondary N) is 1. The predicted octanol–water partition coefficient (Wildman–Crippen LogP) is 3.09. The summed E-state index contributed by atoms with van der Waals surface area (Å²) in [6.07, 6.45) is -1.60.